The van der Waals surface area contributed by atoms with Crippen LogP contribution in [0, 0.1) is 23.7 Å². The minimum absolute atomic E-state index is 0.137. The van der Waals surface area contributed by atoms with Crippen molar-refractivity contribution in [2.45, 2.75) is 6.92 Å². The Hall–Kier alpha value is -4.32. The van der Waals surface area contributed by atoms with Gasteiger partial charge >= 0.3 is 0 Å². The number of rotatable bonds is 7. The summed E-state index contributed by atoms with van der Waals surface area (Å²) in [6, 6.07) is 23.1. The fraction of sp³-hybridized carbons (Fsp3) is 0.250. The minimum atomic E-state index is -0.412. The molecule has 2 bridgehead atoms. The van der Waals surface area contributed by atoms with Crippen LogP contribution in [0.1, 0.15) is 18.1 Å². The standard InChI is InChI=1S/C32H29NO5/c1-4-38-24-15-9-21(10-16-24)33-31(34)29-25-17-18-26(30(29)32(33)35)28(25)27(19-5-11-22(36-2)12-6-19)20-7-13-23(37-3)14-8-20/h5-18,25-26,29-30H,4H2,1-3H3/t25-,26-,29-,30+/m0/s1. The maximum Gasteiger partial charge on any atom is 0.238 e. The van der Waals surface area contributed by atoms with Crippen molar-refractivity contribution < 1.29 is 23.8 Å². The highest BCUT2D eigenvalue weighted by Gasteiger charge is 2.62. The summed E-state index contributed by atoms with van der Waals surface area (Å²) in [7, 11) is 3.29. The molecule has 3 aromatic carbocycles. The van der Waals surface area contributed by atoms with Crippen molar-refractivity contribution in [3.8, 4) is 17.2 Å². The number of anilines is 1. The molecule has 2 amide bonds. The number of benzene rings is 3. The first kappa shape index (κ1) is 24.0. The zero-order valence-electron chi connectivity index (χ0n) is 21.6. The molecule has 1 saturated carbocycles. The average molecular weight is 508 g/mol. The Morgan fingerprint density at radius 3 is 1.55 bits per heavy atom. The van der Waals surface area contributed by atoms with Crippen LogP contribution in [-0.2, 0) is 9.59 Å². The van der Waals surface area contributed by atoms with Crippen LogP contribution in [0.3, 0.4) is 0 Å². The number of hydrogen-bond donors (Lipinski definition) is 0. The lowest BCUT2D eigenvalue weighted by Crippen LogP contribution is -2.33. The van der Waals surface area contributed by atoms with Gasteiger partial charge in [-0.1, -0.05) is 36.4 Å². The van der Waals surface area contributed by atoms with Crippen molar-refractivity contribution in [3.63, 3.8) is 0 Å². The van der Waals surface area contributed by atoms with Gasteiger partial charge in [0.25, 0.3) is 0 Å². The molecule has 0 unspecified atom stereocenters. The Kier molecular flexibility index (Phi) is 6.03. The van der Waals surface area contributed by atoms with E-state index in [1.807, 2.05) is 55.5 Å². The fourth-order valence-electron chi connectivity index (χ4n) is 6.22. The van der Waals surface area contributed by atoms with Gasteiger partial charge in [0, 0.05) is 11.8 Å². The van der Waals surface area contributed by atoms with Gasteiger partial charge in [-0.15, -0.1) is 0 Å². The first-order valence-corrected chi connectivity index (χ1v) is 12.9. The number of ether oxygens (including phenoxy) is 3. The highest BCUT2D eigenvalue weighted by Crippen LogP contribution is 2.59. The van der Waals surface area contributed by atoms with Crippen molar-refractivity contribution in [2.24, 2.45) is 23.7 Å². The van der Waals surface area contributed by atoms with Crippen LogP contribution >= 0.6 is 0 Å². The molecule has 192 valence electrons. The average Bonchev–Trinajstić information content (AvgIpc) is 3.59. The number of imide groups is 1. The van der Waals surface area contributed by atoms with Gasteiger partial charge in [-0.3, -0.25) is 9.59 Å². The van der Waals surface area contributed by atoms with E-state index in [2.05, 4.69) is 12.2 Å². The molecule has 2 aliphatic carbocycles. The minimum Gasteiger partial charge on any atom is -0.497 e. The third-order valence-corrected chi connectivity index (χ3v) is 7.87. The molecule has 2 fully saturated rings. The second-order valence-corrected chi connectivity index (χ2v) is 9.71. The number of methoxy groups -OCH3 is 2. The van der Waals surface area contributed by atoms with E-state index >= 15 is 0 Å². The lowest BCUT2D eigenvalue weighted by molar-refractivity contribution is -0.122. The summed E-state index contributed by atoms with van der Waals surface area (Å²) in [6.07, 6.45) is 4.22. The molecule has 0 N–H and O–H groups in total. The number of fused-ring (bicyclic) bond motifs is 5. The fourth-order valence-corrected chi connectivity index (χ4v) is 6.22. The molecule has 3 aromatic rings. The van der Waals surface area contributed by atoms with Crippen LogP contribution in [0.15, 0.2) is 90.5 Å². The van der Waals surface area contributed by atoms with E-state index in [9.17, 15) is 9.59 Å². The van der Waals surface area contributed by atoms with Crippen LogP contribution in [0.5, 0.6) is 17.2 Å². The Balaban J connectivity index is 1.42. The molecule has 38 heavy (non-hydrogen) atoms. The highest BCUT2D eigenvalue weighted by molar-refractivity contribution is 6.23. The van der Waals surface area contributed by atoms with Crippen molar-refractivity contribution in [3.05, 3.63) is 102 Å². The third kappa shape index (κ3) is 3.71. The summed E-state index contributed by atoms with van der Waals surface area (Å²) < 4.78 is 16.3. The van der Waals surface area contributed by atoms with Crippen molar-refractivity contribution in [1.29, 1.82) is 0 Å². The van der Waals surface area contributed by atoms with Gasteiger partial charge in [0.05, 0.1) is 38.3 Å². The van der Waals surface area contributed by atoms with Gasteiger partial charge < -0.3 is 14.2 Å². The molecule has 0 aromatic heterocycles. The number of hydrogen-bond acceptors (Lipinski definition) is 5. The first-order valence-electron chi connectivity index (χ1n) is 12.9. The number of nitrogens with zero attached hydrogens (tertiary/aromatic N) is 1. The van der Waals surface area contributed by atoms with Crippen LogP contribution in [0.2, 0.25) is 0 Å². The molecular weight excluding hydrogens is 478 g/mol. The molecule has 4 atom stereocenters. The second-order valence-electron chi connectivity index (χ2n) is 9.71. The molecule has 1 aliphatic heterocycles. The van der Waals surface area contributed by atoms with Crippen LogP contribution in [-0.4, -0.2) is 32.6 Å². The number of carbonyl (C=O) groups is 2. The zero-order valence-corrected chi connectivity index (χ0v) is 21.6. The summed E-state index contributed by atoms with van der Waals surface area (Å²) in [4.78, 5) is 29.0. The summed E-state index contributed by atoms with van der Waals surface area (Å²) in [6.45, 7) is 2.47. The molecule has 6 nitrogen and oxygen atoms in total. The Labute approximate surface area is 222 Å². The lowest BCUT2D eigenvalue weighted by Gasteiger charge is -2.22. The lowest BCUT2D eigenvalue weighted by atomic mass is 9.85. The summed E-state index contributed by atoms with van der Waals surface area (Å²) in [5, 5.41) is 0. The molecular formula is C32H29NO5. The van der Waals surface area contributed by atoms with E-state index in [-0.39, 0.29) is 23.7 Å². The van der Waals surface area contributed by atoms with Gasteiger partial charge in [0.15, 0.2) is 0 Å². The smallest absolute Gasteiger partial charge is 0.238 e. The van der Waals surface area contributed by atoms with Gasteiger partial charge in [0.1, 0.15) is 17.2 Å². The highest BCUT2D eigenvalue weighted by atomic mass is 16.5. The van der Waals surface area contributed by atoms with E-state index in [0.29, 0.717) is 18.0 Å². The van der Waals surface area contributed by atoms with Crippen LogP contribution in [0.25, 0.3) is 5.57 Å². The second kappa shape index (κ2) is 9.53. The molecule has 1 heterocycles. The van der Waals surface area contributed by atoms with Gasteiger partial charge in [-0.05, 0) is 77.7 Å². The summed E-state index contributed by atoms with van der Waals surface area (Å²) in [5.74, 6) is 0.871. The zero-order chi connectivity index (χ0) is 26.4. The largest absolute Gasteiger partial charge is 0.497 e. The monoisotopic (exact) mass is 507 g/mol. The van der Waals surface area contributed by atoms with Crippen LogP contribution in [0.4, 0.5) is 5.69 Å². The SMILES string of the molecule is CCOc1ccc(N2C(=O)[C@@H]3[C@H](C2=O)[C@H]2C=C[C@H]3C2=C(c2ccc(OC)cc2)c2ccc(OC)cc2)cc1. The Bertz CT molecular complexity index is 1350. The van der Waals surface area contributed by atoms with E-state index in [1.165, 1.54) is 4.90 Å². The van der Waals surface area contributed by atoms with Crippen LogP contribution < -0.4 is 19.1 Å². The maximum atomic E-state index is 13.8. The molecule has 3 aliphatic rings. The van der Waals surface area contributed by atoms with Gasteiger partial charge in [-0.2, -0.15) is 0 Å². The maximum absolute atomic E-state index is 13.8. The summed E-state index contributed by atoms with van der Waals surface area (Å²) >= 11 is 0. The van der Waals surface area contributed by atoms with Crippen molar-refractivity contribution >= 4 is 23.1 Å². The first-order chi connectivity index (χ1) is 18.5. The predicted octanol–water partition coefficient (Wildman–Crippen LogP) is 5.53. The van der Waals surface area contributed by atoms with E-state index < -0.39 is 11.8 Å². The predicted molar refractivity (Wildman–Crippen MR) is 145 cm³/mol. The van der Waals surface area contributed by atoms with E-state index in [4.69, 9.17) is 14.2 Å². The molecule has 1 saturated heterocycles. The van der Waals surface area contributed by atoms with Gasteiger partial charge in [0.2, 0.25) is 11.8 Å². The number of amides is 2. The van der Waals surface area contributed by atoms with E-state index in [0.717, 1.165) is 33.8 Å². The van der Waals surface area contributed by atoms with E-state index in [1.54, 1.807) is 38.5 Å². The Morgan fingerprint density at radius 2 is 1.13 bits per heavy atom. The van der Waals surface area contributed by atoms with Crippen molar-refractivity contribution in [2.75, 3.05) is 25.7 Å². The molecule has 6 rings (SSSR count). The Morgan fingerprint density at radius 1 is 0.684 bits per heavy atom. The van der Waals surface area contributed by atoms with Gasteiger partial charge in [-0.25, -0.2) is 4.90 Å². The molecule has 6 heteroatoms. The number of allylic oxidation sites excluding steroid dienone is 3. The molecule has 0 spiro atoms. The topological polar surface area (TPSA) is 65.1 Å². The van der Waals surface area contributed by atoms with Crippen molar-refractivity contribution in [1.82, 2.24) is 0 Å². The quantitative estimate of drug-likeness (QED) is 0.311. The summed E-state index contributed by atoms with van der Waals surface area (Å²) in [5.41, 5.74) is 4.82. The number of carbonyl (C=O) groups excluding carboxylic acids is 2. The third-order valence-electron chi connectivity index (χ3n) is 7.87. The normalized spacial score (nSPS) is 23.1. The molecule has 0 radical (unpaired) electrons.